The number of nitrogens with zero attached hydrogens (tertiary/aromatic N) is 3. The fourth-order valence-corrected chi connectivity index (χ4v) is 4.27. The molecule has 1 N–H and O–H groups in total. The van der Waals surface area contributed by atoms with E-state index in [0.29, 0.717) is 18.3 Å². The summed E-state index contributed by atoms with van der Waals surface area (Å²) in [5.74, 6) is 0.0694. The van der Waals surface area contributed by atoms with Crippen LogP contribution < -0.4 is 15.0 Å². The summed E-state index contributed by atoms with van der Waals surface area (Å²) in [5, 5.41) is 12.4. The van der Waals surface area contributed by atoms with E-state index in [1.54, 1.807) is 4.90 Å². The van der Waals surface area contributed by atoms with Crippen LogP contribution in [0.25, 0.3) is 0 Å². The molecule has 160 valence electrons. The van der Waals surface area contributed by atoms with Crippen LogP contribution in [0.5, 0.6) is 5.75 Å². The van der Waals surface area contributed by atoms with Crippen LogP contribution in [0.4, 0.5) is 10.8 Å². The number of benzene rings is 2. The number of ether oxygens (including phenoxy) is 1. The molecule has 1 atom stereocenters. The number of aromatic nitrogens is 2. The molecule has 0 spiro atoms. The van der Waals surface area contributed by atoms with E-state index in [4.69, 9.17) is 4.74 Å². The van der Waals surface area contributed by atoms with Crippen molar-refractivity contribution in [2.45, 2.75) is 26.2 Å². The molecule has 0 saturated carbocycles. The largest absolute Gasteiger partial charge is 0.494 e. The maximum atomic E-state index is 12.7. The van der Waals surface area contributed by atoms with Crippen molar-refractivity contribution in [2.24, 2.45) is 5.92 Å². The molecule has 1 aromatic heterocycles. The van der Waals surface area contributed by atoms with Gasteiger partial charge in [-0.1, -0.05) is 41.7 Å². The molecule has 0 aliphatic carbocycles. The zero-order valence-corrected chi connectivity index (χ0v) is 18.1. The first-order valence-corrected chi connectivity index (χ1v) is 11.1. The van der Waals surface area contributed by atoms with Crippen molar-refractivity contribution in [3.05, 3.63) is 65.2 Å². The topological polar surface area (TPSA) is 84.4 Å². The van der Waals surface area contributed by atoms with Crippen molar-refractivity contribution in [3.63, 3.8) is 0 Å². The normalized spacial score (nSPS) is 15.8. The highest BCUT2D eigenvalue weighted by Crippen LogP contribution is 2.28. The monoisotopic (exact) mass is 436 g/mol. The molecular formula is C23H24N4O3S. The summed E-state index contributed by atoms with van der Waals surface area (Å²) in [7, 11) is 0. The van der Waals surface area contributed by atoms with E-state index < -0.39 is 5.92 Å². The number of anilines is 2. The molecule has 2 amide bonds. The van der Waals surface area contributed by atoms with Crippen molar-refractivity contribution in [1.82, 2.24) is 10.2 Å². The lowest BCUT2D eigenvalue weighted by atomic mass is 10.1. The van der Waals surface area contributed by atoms with E-state index in [-0.39, 0.29) is 18.2 Å². The molecule has 1 saturated heterocycles. The minimum atomic E-state index is -0.421. The summed E-state index contributed by atoms with van der Waals surface area (Å²) in [5.41, 5.74) is 2.00. The third-order valence-electron chi connectivity index (χ3n) is 5.12. The first-order valence-electron chi connectivity index (χ1n) is 10.3. The zero-order valence-electron chi connectivity index (χ0n) is 17.3. The van der Waals surface area contributed by atoms with E-state index in [1.807, 2.05) is 49.4 Å². The molecule has 31 heavy (non-hydrogen) atoms. The second-order valence-corrected chi connectivity index (χ2v) is 8.37. The smallest absolute Gasteiger partial charge is 0.231 e. The molecule has 3 aromatic rings. The van der Waals surface area contributed by atoms with E-state index in [9.17, 15) is 9.59 Å². The van der Waals surface area contributed by atoms with Crippen LogP contribution in [0.1, 0.15) is 23.9 Å². The second kappa shape index (κ2) is 9.70. The van der Waals surface area contributed by atoms with Crippen LogP contribution >= 0.6 is 11.3 Å². The van der Waals surface area contributed by atoms with Gasteiger partial charge in [0.25, 0.3) is 0 Å². The Bertz CT molecular complexity index is 1040. The molecular weight excluding hydrogens is 412 g/mol. The van der Waals surface area contributed by atoms with Crippen molar-refractivity contribution in [3.8, 4) is 5.75 Å². The maximum Gasteiger partial charge on any atom is 0.231 e. The lowest BCUT2D eigenvalue weighted by Gasteiger charge is -2.17. The third kappa shape index (κ3) is 5.27. The van der Waals surface area contributed by atoms with Crippen LogP contribution in [0.15, 0.2) is 54.6 Å². The lowest BCUT2D eigenvalue weighted by Crippen LogP contribution is -2.28. The van der Waals surface area contributed by atoms with E-state index in [2.05, 4.69) is 27.6 Å². The highest BCUT2D eigenvalue weighted by molar-refractivity contribution is 7.15. The van der Waals surface area contributed by atoms with Gasteiger partial charge in [-0.2, -0.15) is 0 Å². The number of carbonyl (C=O) groups is 2. The fourth-order valence-electron chi connectivity index (χ4n) is 3.53. The van der Waals surface area contributed by atoms with Gasteiger partial charge in [0, 0.05) is 25.1 Å². The van der Waals surface area contributed by atoms with Gasteiger partial charge in [-0.15, -0.1) is 10.2 Å². The van der Waals surface area contributed by atoms with Gasteiger partial charge < -0.3 is 15.0 Å². The predicted octanol–water partition coefficient (Wildman–Crippen LogP) is 3.71. The number of hydrogen-bond acceptors (Lipinski definition) is 6. The van der Waals surface area contributed by atoms with Crippen molar-refractivity contribution in [2.75, 3.05) is 23.4 Å². The minimum Gasteiger partial charge on any atom is -0.494 e. The van der Waals surface area contributed by atoms with Gasteiger partial charge in [0.15, 0.2) is 0 Å². The maximum absolute atomic E-state index is 12.7. The average molecular weight is 437 g/mol. The van der Waals surface area contributed by atoms with E-state index >= 15 is 0 Å². The molecule has 1 aliphatic rings. The Kier molecular flexibility index (Phi) is 6.57. The highest BCUT2D eigenvalue weighted by Gasteiger charge is 2.35. The van der Waals surface area contributed by atoms with Crippen molar-refractivity contribution >= 4 is 34.0 Å². The van der Waals surface area contributed by atoms with E-state index in [1.165, 1.54) is 16.9 Å². The minimum absolute atomic E-state index is 0.0647. The van der Waals surface area contributed by atoms with Crippen LogP contribution in [0, 0.1) is 5.92 Å². The van der Waals surface area contributed by atoms with Gasteiger partial charge >= 0.3 is 0 Å². The van der Waals surface area contributed by atoms with Gasteiger partial charge in [-0.25, -0.2) is 0 Å². The third-order valence-corrected chi connectivity index (χ3v) is 6.02. The quantitative estimate of drug-likeness (QED) is 0.582. The molecule has 0 radical (unpaired) electrons. The first-order chi connectivity index (χ1) is 15.1. The highest BCUT2D eigenvalue weighted by atomic mass is 32.1. The summed E-state index contributed by atoms with van der Waals surface area (Å²) >= 11 is 1.38. The molecule has 0 bridgehead atoms. The van der Waals surface area contributed by atoms with Gasteiger partial charge in [0.2, 0.25) is 16.9 Å². The Labute approximate surface area is 185 Å². The fraction of sp³-hybridized carbons (Fsp3) is 0.304. The summed E-state index contributed by atoms with van der Waals surface area (Å²) in [6.07, 6.45) is 1.82. The lowest BCUT2D eigenvalue weighted by molar-refractivity contribution is -0.122. The Balaban J connectivity index is 1.32. The SMILES string of the molecule is CCOc1ccc(N2C[C@H](C(=O)Nc3nnc(CCc4ccccc4)s3)CC2=O)cc1. The first kappa shape index (κ1) is 21.0. The Hall–Kier alpha value is -3.26. The molecule has 4 rings (SSSR count). The van der Waals surface area contributed by atoms with Crippen molar-refractivity contribution < 1.29 is 14.3 Å². The van der Waals surface area contributed by atoms with Gasteiger partial charge in [0.05, 0.1) is 12.5 Å². The molecule has 7 nitrogen and oxygen atoms in total. The molecule has 0 unspecified atom stereocenters. The van der Waals surface area contributed by atoms with Gasteiger partial charge in [-0.05, 0) is 43.2 Å². The number of aryl methyl sites for hydroxylation is 2. The van der Waals surface area contributed by atoms with Gasteiger partial charge in [-0.3, -0.25) is 9.59 Å². The van der Waals surface area contributed by atoms with Gasteiger partial charge in [0.1, 0.15) is 10.8 Å². The number of rotatable bonds is 8. The second-order valence-electron chi connectivity index (χ2n) is 7.31. The Morgan fingerprint density at radius 2 is 1.90 bits per heavy atom. The molecule has 1 aliphatic heterocycles. The number of hydrogen-bond donors (Lipinski definition) is 1. The van der Waals surface area contributed by atoms with Crippen LogP contribution in [-0.4, -0.2) is 35.2 Å². The Morgan fingerprint density at radius 3 is 2.65 bits per heavy atom. The molecule has 8 heteroatoms. The average Bonchev–Trinajstić information content (AvgIpc) is 3.40. The number of amides is 2. The standard InChI is InChI=1S/C23H24N4O3S/c1-2-30-19-11-9-18(10-12-19)27-15-17(14-21(27)28)22(29)24-23-26-25-20(31-23)13-8-16-6-4-3-5-7-16/h3-7,9-12,17H,2,8,13-15H2,1H3,(H,24,26,29)/t17-/m1/s1. The zero-order chi connectivity index (χ0) is 21.6. The summed E-state index contributed by atoms with van der Waals surface area (Å²) in [4.78, 5) is 26.8. The van der Waals surface area contributed by atoms with Crippen LogP contribution in [0.3, 0.4) is 0 Å². The number of nitrogens with one attached hydrogen (secondary N) is 1. The summed E-state index contributed by atoms with van der Waals surface area (Å²) in [6, 6.07) is 17.5. The summed E-state index contributed by atoms with van der Waals surface area (Å²) in [6.45, 7) is 2.85. The van der Waals surface area contributed by atoms with Crippen LogP contribution in [0.2, 0.25) is 0 Å². The Morgan fingerprint density at radius 1 is 1.13 bits per heavy atom. The van der Waals surface area contributed by atoms with E-state index in [0.717, 1.165) is 29.3 Å². The van der Waals surface area contributed by atoms with Crippen LogP contribution in [-0.2, 0) is 22.4 Å². The molecule has 2 aromatic carbocycles. The number of carbonyl (C=O) groups excluding carboxylic acids is 2. The van der Waals surface area contributed by atoms with Crippen molar-refractivity contribution in [1.29, 1.82) is 0 Å². The molecule has 2 heterocycles. The molecule has 1 fully saturated rings. The summed E-state index contributed by atoms with van der Waals surface area (Å²) < 4.78 is 5.44. The predicted molar refractivity (Wildman–Crippen MR) is 120 cm³/mol.